The molecule has 132 valence electrons. The summed E-state index contributed by atoms with van der Waals surface area (Å²) in [6.45, 7) is 7.62. The van der Waals surface area contributed by atoms with Crippen molar-refractivity contribution in [1.29, 1.82) is 0 Å². The van der Waals surface area contributed by atoms with Crippen LogP contribution < -0.4 is 10.1 Å². The highest BCUT2D eigenvalue weighted by atomic mass is 16.5. The number of hydrogen-bond donors (Lipinski definition) is 1. The largest absolute Gasteiger partial charge is 0.481 e. The van der Waals surface area contributed by atoms with Crippen molar-refractivity contribution >= 4 is 17.8 Å². The molecule has 0 bridgehead atoms. The van der Waals surface area contributed by atoms with Crippen LogP contribution in [-0.4, -0.2) is 43.7 Å². The Kier molecular flexibility index (Phi) is 7.74. The van der Waals surface area contributed by atoms with E-state index in [0.717, 1.165) is 0 Å². The number of ether oxygens (including phenoxy) is 3. The molecule has 1 aromatic rings. The van der Waals surface area contributed by atoms with Gasteiger partial charge in [0, 0.05) is 6.54 Å². The molecule has 0 unspecified atom stereocenters. The first-order chi connectivity index (χ1) is 11.4. The van der Waals surface area contributed by atoms with E-state index in [2.05, 4.69) is 5.32 Å². The molecular weight excluding hydrogens is 314 g/mol. The van der Waals surface area contributed by atoms with Gasteiger partial charge < -0.3 is 19.5 Å². The normalized spacial score (nSPS) is 11.3. The molecule has 1 N–H and O–H groups in total. The molecule has 1 atom stereocenters. The lowest BCUT2D eigenvalue weighted by Gasteiger charge is -2.15. The maximum absolute atomic E-state index is 11.9. The van der Waals surface area contributed by atoms with Gasteiger partial charge >= 0.3 is 11.9 Å². The number of carbonyl (C=O) groups is 3. The van der Waals surface area contributed by atoms with Crippen LogP contribution in [0.25, 0.3) is 0 Å². The van der Waals surface area contributed by atoms with Gasteiger partial charge in [-0.25, -0.2) is 9.59 Å². The minimum atomic E-state index is -0.780. The Morgan fingerprint density at radius 1 is 0.958 bits per heavy atom. The van der Waals surface area contributed by atoms with E-state index in [9.17, 15) is 14.4 Å². The van der Waals surface area contributed by atoms with Crippen LogP contribution in [0, 0.1) is 0 Å². The van der Waals surface area contributed by atoms with Crippen molar-refractivity contribution < 1.29 is 28.6 Å². The first-order valence-electron chi connectivity index (χ1n) is 7.86. The van der Waals surface area contributed by atoms with Crippen molar-refractivity contribution in [3.05, 3.63) is 29.3 Å². The molecule has 7 nitrogen and oxygen atoms in total. The van der Waals surface area contributed by atoms with Crippen molar-refractivity contribution in [2.45, 2.75) is 33.8 Å². The lowest BCUT2D eigenvalue weighted by atomic mass is 10.1. The molecule has 0 spiro atoms. The molecule has 0 fully saturated rings. The predicted molar refractivity (Wildman–Crippen MR) is 87.1 cm³/mol. The monoisotopic (exact) mass is 337 g/mol. The summed E-state index contributed by atoms with van der Waals surface area (Å²) >= 11 is 0. The lowest BCUT2D eigenvalue weighted by molar-refractivity contribution is -0.127. The molecule has 0 saturated heterocycles. The van der Waals surface area contributed by atoms with Crippen LogP contribution in [0.3, 0.4) is 0 Å². The maximum Gasteiger partial charge on any atom is 0.338 e. The molecule has 24 heavy (non-hydrogen) atoms. The Bertz CT molecular complexity index is 562. The van der Waals surface area contributed by atoms with Crippen molar-refractivity contribution in [1.82, 2.24) is 5.32 Å². The number of rotatable bonds is 8. The summed E-state index contributed by atoms with van der Waals surface area (Å²) in [6.07, 6.45) is -0.780. The second kappa shape index (κ2) is 9.54. The van der Waals surface area contributed by atoms with Crippen molar-refractivity contribution in [2.75, 3.05) is 19.8 Å². The van der Waals surface area contributed by atoms with E-state index in [1.807, 2.05) is 0 Å². The molecule has 1 rings (SSSR count). The molecule has 0 aromatic heterocycles. The van der Waals surface area contributed by atoms with Gasteiger partial charge in [0.05, 0.1) is 24.3 Å². The van der Waals surface area contributed by atoms with Crippen LogP contribution >= 0.6 is 0 Å². The Morgan fingerprint density at radius 3 is 1.88 bits per heavy atom. The molecule has 0 aliphatic carbocycles. The van der Waals surface area contributed by atoms with Crippen molar-refractivity contribution in [3.8, 4) is 5.75 Å². The molecule has 0 heterocycles. The summed E-state index contributed by atoms with van der Waals surface area (Å²) in [5.41, 5.74) is 0.306. The SMILES string of the molecule is CCNC(=O)[C@@H](C)Oc1cc(C(=O)OCC)cc(C(=O)OCC)c1. The summed E-state index contributed by atoms with van der Waals surface area (Å²) in [5.74, 6) is -1.25. The number of nitrogens with one attached hydrogen (secondary N) is 1. The fourth-order valence-corrected chi connectivity index (χ4v) is 1.91. The Labute approximate surface area is 141 Å². The van der Waals surface area contributed by atoms with Gasteiger partial charge in [-0.15, -0.1) is 0 Å². The number of benzene rings is 1. The summed E-state index contributed by atoms with van der Waals surface area (Å²) in [5, 5.41) is 2.63. The third-order valence-corrected chi connectivity index (χ3v) is 2.96. The first-order valence-corrected chi connectivity index (χ1v) is 7.86. The van der Waals surface area contributed by atoms with E-state index in [1.54, 1.807) is 27.7 Å². The van der Waals surface area contributed by atoms with Crippen molar-refractivity contribution in [3.63, 3.8) is 0 Å². The number of esters is 2. The average molecular weight is 337 g/mol. The summed E-state index contributed by atoms with van der Waals surface area (Å²) in [6, 6.07) is 4.23. The predicted octanol–water partition coefficient (Wildman–Crippen LogP) is 1.94. The van der Waals surface area contributed by atoms with E-state index in [0.29, 0.717) is 6.54 Å². The van der Waals surface area contributed by atoms with Gasteiger partial charge in [-0.2, -0.15) is 0 Å². The van der Waals surface area contributed by atoms with Crippen LogP contribution in [0.4, 0.5) is 0 Å². The number of hydrogen-bond acceptors (Lipinski definition) is 6. The molecular formula is C17H23NO6. The Morgan fingerprint density at radius 2 is 1.46 bits per heavy atom. The van der Waals surface area contributed by atoms with Crippen LogP contribution in [0.15, 0.2) is 18.2 Å². The fraction of sp³-hybridized carbons (Fsp3) is 0.471. The van der Waals surface area contributed by atoms with E-state index in [1.165, 1.54) is 18.2 Å². The van der Waals surface area contributed by atoms with E-state index >= 15 is 0 Å². The highest BCUT2D eigenvalue weighted by molar-refractivity contribution is 5.96. The van der Waals surface area contributed by atoms with Gasteiger partial charge in [0.25, 0.3) is 5.91 Å². The topological polar surface area (TPSA) is 90.9 Å². The second-order valence-electron chi connectivity index (χ2n) is 4.84. The highest BCUT2D eigenvalue weighted by Crippen LogP contribution is 2.20. The third-order valence-electron chi connectivity index (χ3n) is 2.96. The van der Waals surface area contributed by atoms with E-state index in [4.69, 9.17) is 14.2 Å². The van der Waals surface area contributed by atoms with Crippen molar-refractivity contribution in [2.24, 2.45) is 0 Å². The molecule has 7 heteroatoms. The molecule has 0 radical (unpaired) electrons. The minimum Gasteiger partial charge on any atom is -0.481 e. The van der Waals surface area contributed by atoms with Crippen LogP contribution in [0.1, 0.15) is 48.4 Å². The smallest absolute Gasteiger partial charge is 0.338 e. The number of carbonyl (C=O) groups excluding carboxylic acids is 3. The summed E-state index contributed by atoms with van der Waals surface area (Å²) < 4.78 is 15.4. The highest BCUT2D eigenvalue weighted by Gasteiger charge is 2.18. The summed E-state index contributed by atoms with van der Waals surface area (Å²) in [7, 11) is 0. The van der Waals surface area contributed by atoms with Gasteiger partial charge in [-0.1, -0.05) is 0 Å². The van der Waals surface area contributed by atoms with E-state index in [-0.39, 0.29) is 36.0 Å². The van der Waals surface area contributed by atoms with Gasteiger partial charge in [0.15, 0.2) is 6.10 Å². The Balaban J connectivity index is 3.11. The molecule has 0 aliphatic rings. The summed E-state index contributed by atoms with van der Waals surface area (Å²) in [4.78, 5) is 35.7. The fourth-order valence-electron chi connectivity index (χ4n) is 1.91. The average Bonchev–Trinajstić information content (AvgIpc) is 2.55. The molecule has 1 amide bonds. The minimum absolute atomic E-state index is 0.153. The van der Waals surface area contributed by atoms with E-state index < -0.39 is 18.0 Å². The lowest BCUT2D eigenvalue weighted by Crippen LogP contribution is -2.36. The standard InChI is InChI=1S/C17H23NO6/c1-5-18-15(19)11(4)24-14-9-12(16(20)22-6-2)8-13(10-14)17(21)23-7-3/h8-11H,5-7H2,1-4H3,(H,18,19)/t11-/m1/s1. The second-order valence-corrected chi connectivity index (χ2v) is 4.84. The molecule has 1 aromatic carbocycles. The van der Waals surface area contributed by atoms with Crippen LogP contribution in [0.5, 0.6) is 5.75 Å². The zero-order valence-corrected chi connectivity index (χ0v) is 14.4. The zero-order chi connectivity index (χ0) is 18.1. The quantitative estimate of drug-likeness (QED) is 0.729. The van der Waals surface area contributed by atoms with Gasteiger partial charge in [0.1, 0.15) is 5.75 Å². The third kappa shape index (κ3) is 5.57. The molecule has 0 saturated carbocycles. The number of likely N-dealkylation sites (N-methyl/N-ethyl adjacent to an activating group) is 1. The van der Waals surface area contributed by atoms with Gasteiger partial charge in [-0.3, -0.25) is 4.79 Å². The van der Waals surface area contributed by atoms with Gasteiger partial charge in [-0.05, 0) is 45.9 Å². The van der Waals surface area contributed by atoms with Crippen LogP contribution in [0.2, 0.25) is 0 Å². The maximum atomic E-state index is 11.9. The number of amides is 1. The molecule has 0 aliphatic heterocycles. The first kappa shape index (κ1) is 19.5. The van der Waals surface area contributed by atoms with Gasteiger partial charge in [0.2, 0.25) is 0 Å². The zero-order valence-electron chi connectivity index (χ0n) is 14.4. The van der Waals surface area contributed by atoms with Crippen LogP contribution in [-0.2, 0) is 14.3 Å². The Hall–Kier alpha value is -2.57.